The first-order valence-electron chi connectivity index (χ1n) is 13.2. The Morgan fingerprint density at radius 2 is 1.43 bits per heavy atom. The van der Waals surface area contributed by atoms with Crippen LogP contribution in [0.4, 0.5) is 0 Å². The lowest BCUT2D eigenvalue weighted by Crippen LogP contribution is -2.54. The van der Waals surface area contributed by atoms with E-state index in [1.54, 1.807) is 0 Å². The van der Waals surface area contributed by atoms with Crippen molar-refractivity contribution in [2.24, 2.45) is 17.8 Å². The first-order chi connectivity index (χ1) is 14.3. The number of carbonyl (C=O) groups is 1. The maximum Gasteiger partial charge on any atom is 0.303 e. The maximum absolute atomic E-state index is 10.9. The molecule has 3 atom stereocenters. The Labute approximate surface area is 188 Å². The topological polar surface area (TPSA) is 40.5 Å². The summed E-state index contributed by atoms with van der Waals surface area (Å²) >= 11 is 0. The third-order valence-corrected chi connectivity index (χ3v) is 8.29. The third-order valence-electron chi connectivity index (χ3n) is 8.29. The summed E-state index contributed by atoms with van der Waals surface area (Å²) in [5, 5.41) is 8.97. The smallest absolute Gasteiger partial charge is 0.303 e. The number of carboxylic acid groups (broad SMARTS) is 1. The predicted molar refractivity (Wildman–Crippen MR) is 130 cm³/mol. The van der Waals surface area contributed by atoms with E-state index in [2.05, 4.69) is 39.6 Å². The molecule has 1 aliphatic rings. The molecule has 30 heavy (non-hydrogen) atoms. The van der Waals surface area contributed by atoms with E-state index in [0.717, 1.165) is 24.7 Å². The van der Waals surface area contributed by atoms with Crippen molar-refractivity contribution in [2.45, 2.75) is 136 Å². The van der Waals surface area contributed by atoms with Crippen molar-refractivity contribution in [3.63, 3.8) is 0 Å². The second-order valence-corrected chi connectivity index (χ2v) is 10.7. The van der Waals surface area contributed by atoms with Crippen LogP contribution in [0.25, 0.3) is 0 Å². The first kappa shape index (κ1) is 27.5. The van der Waals surface area contributed by atoms with Crippen molar-refractivity contribution in [2.75, 3.05) is 13.6 Å². The van der Waals surface area contributed by atoms with Crippen LogP contribution in [0, 0.1) is 17.8 Å². The summed E-state index contributed by atoms with van der Waals surface area (Å²) < 4.78 is 0. The summed E-state index contributed by atoms with van der Waals surface area (Å²) in [6.45, 7) is 10.8. The molecule has 0 aromatic carbocycles. The summed E-state index contributed by atoms with van der Waals surface area (Å²) in [4.78, 5) is 13.4. The lowest BCUT2D eigenvalue weighted by Gasteiger charge is -2.51. The SMILES string of the molecule is CCCCCCCCCCCCC(CCCCC(=O)O)C1CCN(C)C(C)(C)C1C. The van der Waals surface area contributed by atoms with E-state index in [1.165, 1.54) is 90.0 Å². The molecule has 1 saturated heterocycles. The van der Waals surface area contributed by atoms with Gasteiger partial charge in [-0.2, -0.15) is 0 Å². The lowest BCUT2D eigenvalue weighted by molar-refractivity contribution is -0.137. The molecule has 3 unspecified atom stereocenters. The average molecular weight is 424 g/mol. The van der Waals surface area contributed by atoms with Crippen LogP contribution < -0.4 is 0 Å². The zero-order valence-corrected chi connectivity index (χ0v) is 21.1. The highest BCUT2D eigenvalue weighted by Gasteiger charge is 2.41. The number of hydrogen-bond acceptors (Lipinski definition) is 2. The van der Waals surface area contributed by atoms with E-state index in [-0.39, 0.29) is 5.54 Å². The van der Waals surface area contributed by atoms with Gasteiger partial charge in [0.15, 0.2) is 0 Å². The monoisotopic (exact) mass is 423 g/mol. The van der Waals surface area contributed by atoms with Crippen molar-refractivity contribution in [3.05, 3.63) is 0 Å². The summed E-state index contributed by atoms with van der Waals surface area (Å²) in [6, 6.07) is 0. The third kappa shape index (κ3) is 10.2. The molecular weight excluding hydrogens is 370 g/mol. The number of carboxylic acids is 1. The summed E-state index contributed by atoms with van der Waals surface area (Å²) in [6.07, 6.45) is 20.1. The highest BCUT2D eigenvalue weighted by atomic mass is 16.4. The largest absolute Gasteiger partial charge is 0.481 e. The van der Waals surface area contributed by atoms with Gasteiger partial charge in [0, 0.05) is 12.0 Å². The van der Waals surface area contributed by atoms with Gasteiger partial charge in [-0.25, -0.2) is 0 Å². The van der Waals surface area contributed by atoms with Crippen LogP contribution in [-0.2, 0) is 4.79 Å². The van der Waals surface area contributed by atoms with Gasteiger partial charge in [-0.3, -0.25) is 4.79 Å². The molecule has 1 aliphatic heterocycles. The zero-order valence-electron chi connectivity index (χ0n) is 21.1. The molecule has 1 rings (SSSR count). The minimum atomic E-state index is -0.643. The van der Waals surface area contributed by atoms with Gasteiger partial charge in [0.25, 0.3) is 0 Å². The molecule has 0 aliphatic carbocycles. The number of aliphatic carboxylic acids is 1. The summed E-state index contributed by atoms with van der Waals surface area (Å²) in [5.41, 5.74) is 0.264. The molecule has 0 radical (unpaired) electrons. The van der Waals surface area contributed by atoms with Crippen LogP contribution in [0.3, 0.4) is 0 Å². The van der Waals surface area contributed by atoms with Crippen molar-refractivity contribution in [1.82, 2.24) is 4.90 Å². The Kier molecular flexibility index (Phi) is 14.0. The lowest BCUT2D eigenvalue weighted by atomic mass is 9.66. The van der Waals surface area contributed by atoms with E-state index < -0.39 is 5.97 Å². The van der Waals surface area contributed by atoms with Crippen molar-refractivity contribution in [3.8, 4) is 0 Å². The van der Waals surface area contributed by atoms with Crippen LogP contribution in [0.5, 0.6) is 0 Å². The Bertz CT molecular complexity index is 448. The minimum absolute atomic E-state index is 0.264. The van der Waals surface area contributed by atoms with E-state index in [4.69, 9.17) is 5.11 Å². The van der Waals surface area contributed by atoms with Crippen LogP contribution in [0.2, 0.25) is 0 Å². The van der Waals surface area contributed by atoms with Crippen molar-refractivity contribution in [1.29, 1.82) is 0 Å². The Balaban J connectivity index is 2.40. The minimum Gasteiger partial charge on any atom is -0.481 e. The fourth-order valence-electron chi connectivity index (χ4n) is 5.55. The van der Waals surface area contributed by atoms with Gasteiger partial charge in [-0.05, 0) is 58.0 Å². The molecule has 3 heteroatoms. The van der Waals surface area contributed by atoms with Crippen molar-refractivity contribution < 1.29 is 9.90 Å². The van der Waals surface area contributed by atoms with Gasteiger partial charge in [0.05, 0.1) is 0 Å². The van der Waals surface area contributed by atoms with Gasteiger partial charge in [-0.15, -0.1) is 0 Å². The number of rotatable bonds is 17. The quantitative estimate of drug-likeness (QED) is 0.241. The fraction of sp³-hybridized carbons (Fsp3) is 0.963. The van der Waals surface area contributed by atoms with E-state index in [9.17, 15) is 4.79 Å². The van der Waals surface area contributed by atoms with Crippen LogP contribution in [0.1, 0.15) is 130 Å². The zero-order chi connectivity index (χ0) is 22.4. The molecular formula is C27H53NO2. The molecule has 0 aromatic rings. The average Bonchev–Trinajstić information content (AvgIpc) is 2.70. The number of nitrogens with zero attached hydrogens (tertiary/aromatic N) is 1. The van der Waals surface area contributed by atoms with Crippen LogP contribution in [0.15, 0.2) is 0 Å². The Morgan fingerprint density at radius 1 is 0.933 bits per heavy atom. The molecule has 1 fully saturated rings. The van der Waals surface area contributed by atoms with Gasteiger partial charge in [-0.1, -0.05) is 97.3 Å². The van der Waals surface area contributed by atoms with Gasteiger partial charge < -0.3 is 10.0 Å². The predicted octanol–water partition coefficient (Wildman–Crippen LogP) is 7.93. The molecule has 3 nitrogen and oxygen atoms in total. The second kappa shape index (κ2) is 15.3. The second-order valence-electron chi connectivity index (χ2n) is 10.7. The van der Waals surface area contributed by atoms with Gasteiger partial charge in [0.2, 0.25) is 0 Å². The van der Waals surface area contributed by atoms with Crippen molar-refractivity contribution >= 4 is 5.97 Å². The molecule has 0 spiro atoms. The Hall–Kier alpha value is -0.570. The molecule has 0 amide bonds. The molecule has 178 valence electrons. The fourth-order valence-corrected chi connectivity index (χ4v) is 5.55. The normalized spacial score (nSPS) is 22.8. The maximum atomic E-state index is 10.9. The van der Waals surface area contributed by atoms with Gasteiger partial charge in [0.1, 0.15) is 0 Å². The van der Waals surface area contributed by atoms with Crippen LogP contribution in [-0.4, -0.2) is 35.1 Å². The van der Waals surface area contributed by atoms with E-state index in [1.807, 2.05) is 0 Å². The van der Waals surface area contributed by atoms with E-state index in [0.29, 0.717) is 12.3 Å². The highest BCUT2D eigenvalue weighted by Crippen LogP contribution is 2.43. The molecule has 0 bridgehead atoms. The summed E-state index contributed by atoms with van der Waals surface area (Å²) in [5.74, 6) is 1.62. The van der Waals surface area contributed by atoms with Gasteiger partial charge >= 0.3 is 5.97 Å². The summed E-state index contributed by atoms with van der Waals surface area (Å²) in [7, 11) is 2.27. The van der Waals surface area contributed by atoms with Crippen LogP contribution >= 0.6 is 0 Å². The molecule has 0 aromatic heterocycles. The van der Waals surface area contributed by atoms with E-state index >= 15 is 0 Å². The number of unbranched alkanes of at least 4 members (excludes halogenated alkanes) is 10. The molecule has 0 saturated carbocycles. The standard InChI is InChI=1S/C27H53NO2/c1-6-7-8-9-10-11-12-13-14-15-18-24(19-16-17-20-26(29)30)25-21-22-28(5)27(3,4)23(25)2/h23-25H,6-22H2,1-5H3,(H,29,30). The number of likely N-dealkylation sites (tertiary alicyclic amines) is 1. The first-order valence-corrected chi connectivity index (χ1v) is 13.2. The number of piperidine rings is 1. The Morgan fingerprint density at radius 3 is 1.97 bits per heavy atom. The molecule has 1 heterocycles. The number of hydrogen-bond donors (Lipinski definition) is 1. The highest BCUT2D eigenvalue weighted by molar-refractivity contribution is 5.66. The molecule has 1 N–H and O–H groups in total.